The maximum absolute atomic E-state index is 6.54. The van der Waals surface area contributed by atoms with Crippen LogP contribution in [0.1, 0.15) is 95.4 Å². The minimum Gasteiger partial charge on any atom is -0.490 e. The molecule has 42 heavy (non-hydrogen) atoms. The van der Waals surface area contributed by atoms with E-state index < -0.39 is 15.8 Å². The van der Waals surface area contributed by atoms with Crippen molar-refractivity contribution in [3.63, 3.8) is 0 Å². The van der Waals surface area contributed by atoms with Crippen molar-refractivity contribution in [1.29, 1.82) is 0 Å². The molecule has 1 heterocycles. The van der Waals surface area contributed by atoms with E-state index in [1.807, 2.05) is 0 Å². The van der Waals surface area contributed by atoms with Crippen LogP contribution in [0, 0.1) is 29.7 Å². The van der Waals surface area contributed by atoms with E-state index in [1.54, 1.807) is 0 Å². The Balaban J connectivity index is 1.66. The maximum Gasteiger partial charge on any atom is 0.424 e. The third-order valence-electron chi connectivity index (χ3n) is 9.47. The van der Waals surface area contributed by atoms with Gasteiger partial charge in [0.25, 0.3) is 0 Å². The Morgan fingerprint density at radius 3 is 1.71 bits per heavy atom. The van der Waals surface area contributed by atoms with Crippen LogP contribution in [0.25, 0.3) is 4.85 Å². The molecule has 0 amide bonds. The summed E-state index contributed by atoms with van der Waals surface area (Å²) in [4.78, 5) is 5.25. The summed E-state index contributed by atoms with van der Waals surface area (Å²) < 4.78 is 13.1. The van der Waals surface area contributed by atoms with Gasteiger partial charge in [0.2, 0.25) is 0 Å². The Kier molecular flexibility index (Phi) is 8.87. The highest BCUT2D eigenvalue weighted by Crippen LogP contribution is 2.77. The minimum atomic E-state index is -0.743. The van der Waals surface area contributed by atoms with Crippen LogP contribution in [0.5, 0.6) is 11.5 Å². The fraction of sp³-hybridized carbons (Fsp3) is 0.649. The molecule has 3 nitrogen and oxygen atoms in total. The summed E-state index contributed by atoms with van der Waals surface area (Å²) in [5.74, 6) is 4.67. The molecule has 2 bridgehead atoms. The van der Waals surface area contributed by atoms with Crippen molar-refractivity contribution in [3.8, 4) is 17.6 Å². The summed E-state index contributed by atoms with van der Waals surface area (Å²) in [5, 5.41) is 3.04. The highest BCUT2D eigenvalue weighted by molar-refractivity contribution is 7.74. The van der Waals surface area contributed by atoms with Crippen LogP contribution in [-0.4, -0.2) is 33.5 Å². The summed E-state index contributed by atoms with van der Waals surface area (Å²) in [5.41, 5.74) is 0.547. The van der Waals surface area contributed by atoms with Gasteiger partial charge in [-0.3, -0.25) is 0 Å². The molecule has 3 aliphatic rings. The molecule has 6 unspecified atom stereocenters. The van der Waals surface area contributed by atoms with Crippen molar-refractivity contribution >= 4 is 26.5 Å². The smallest absolute Gasteiger partial charge is 0.424 e. The number of rotatable bonds is 9. The molecule has 2 aliphatic carbocycles. The number of fused-ring (bicyclic) bond motifs is 2. The minimum absolute atomic E-state index is 0.101. The normalized spacial score (nSPS) is 28.8. The fourth-order valence-corrected chi connectivity index (χ4v) is 17.1. The SMILES string of the molecule is CC(C)Oc1ccccc1P(c1ccccc1OC(C)C)C1CCC2CC1C(C1(P(C(C)(C)C)C(C)(C)C)C#[N+]1)C2C. The number of ether oxygens (including phenoxy) is 2. The highest BCUT2D eigenvalue weighted by atomic mass is 31.1. The molecule has 0 N–H and O–H groups in total. The number of hydrogen-bond acceptors (Lipinski definition) is 2. The van der Waals surface area contributed by atoms with Crippen molar-refractivity contribution in [1.82, 2.24) is 0 Å². The van der Waals surface area contributed by atoms with Gasteiger partial charge in [0.15, 0.2) is 0 Å². The first-order valence-corrected chi connectivity index (χ1v) is 19.0. The van der Waals surface area contributed by atoms with Crippen LogP contribution in [0.15, 0.2) is 48.5 Å². The summed E-state index contributed by atoms with van der Waals surface area (Å²) in [7, 11) is -1.18. The van der Waals surface area contributed by atoms with Gasteiger partial charge in [-0.1, -0.05) is 84.9 Å². The van der Waals surface area contributed by atoms with Crippen LogP contribution in [0.4, 0.5) is 0 Å². The van der Waals surface area contributed by atoms with Gasteiger partial charge in [-0.05, 0) is 106 Å². The van der Waals surface area contributed by atoms with E-state index in [2.05, 4.69) is 131 Å². The van der Waals surface area contributed by atoms with E-state index in [4.69, 9.17) is 14.3 Å². The van der Waals surface area contributed by atoms with Crippen molar-refractivity contribution in [2.75, 3.05) is 0 Å². The number of hydrogen-bond donors (Lipinski definition) is 0. The van der Waals surface area contributed by atoms with Crippen molar-refractivity contribution < 1.29 is 9.47 Å². The molecular formula is C37H54NO2P2+. The predicted octanol–water partition coefficient (Wildman–Crippen LogP) is 9.87. The Morgan fingerprint density at radius 2 is 1.29 bits per heavy atom. The van der Waals surface area contributed by atoms with Crippen molar-refractivity contribution in [3.05, 3.63) is 53.4 Å². The zero-order valence-corrected chi connectivity index (χ0v) is 29.7. The molecule has 2 aromatic carbocycles. The number of nitrogens with zero attached hydrogens (tertiary/aromatic N) is 1. The number of benzene rings is 2. The van der Waals surface area contributed by atoms with Gasteiger partial charge in [-0.25, -0.2) is 0 Å². The molecular weight excluding hydrogens is 552 g/mol. The molecule has 6 atom stereocenters. The molecule has 0 saturated heterocycles. The summed E-state index contributed by atoms with van der Waals surface area (Å²) in [6, 6.07) is 21.5. The average Bonchev–Trinajstić information content (AvgIpc) is 3.59. The largest absolute Gasteiger partial charge is 0.490 e. The van der Waals surface area contributed by atoms with Crippen LogP contribution in [0.3, 0.4) is 0 Å². The summed E-state index contributed by atoms with van der Waals surface area (Å²) in [6.07, 6.45) is 4.12. The third kappa shape index (κ3) is 6.02. The van der Waals surface area contributed by atoms with Crippen molar-refractivity contribution in [2.45, 2.75) is 129 Å². The Labute approximate surface area is 258 Å². The maximum atomic E-state index is 6.54. The van der Waals surface area contributed by atoms with Crippen LogP contribution < -0.4 is 20.1 Å². The Morgan fingerprint density at radius 1 is 0.810 bits per heavy atom. The zero-order valence-electron chi connectivity index (χ0n) is 27.9. The van der Waals surface area contributed by atoms with Gasteiger partial charge < -0.3 is 9.47 Å². The molecule has 0 aromatic heterocycles. The molecule has 1 aliphatic heterocycles. The third-order valence-corrected chi connectivity index (χ3v) is 16.4. The van der Waals surface area contributed by atoms with Gasteiger partial charge in [-0.15, -0.1) is 0 Å². The second-order valence-corrected chi connectivity index (χ2v) is 21.9. The second kappa shape index (κ2) is 11.7. The molecule has 2 saturated carbocycles. The molecule has 5 rings (SSSR count). The van der Waals surface area contributed by atoms with Gasteiger partial charge in [-0.2, -0.15) is 0 Å². The molecule has 228 valence electrons. The zero-order chi connectivity index (χ0) is 30.6. The Bertz CT molecular complexity index is 1250. The van der Waals surface area contributed by atoms with Gasteiger partial charge in [0.1, 0.15) is 11.5 Å². The first-order chi connectivity index (χ1) is 19.6. The summed E-state index contributed by atoms with van der Waals surface area (Å²) >= 11 is 0. The van der Waals surface area contributed by atoms with E-state index in [1.165, 1.54) is 29.9 Å². The lowest BCUT2D eigenvalue weighted by molar-refractivity contribution is 0.244. The fourth-order valence-electron chi connectivity index (χ4n) is 8.75. The number of para-hydroxylation sites is 2. The van der Waals surface area contributed by atoms with Gasteiger partial charge >= 0.3 is 11.3 Å². The monoisotopic (exact) mass is 606 g/mol. The van der Waals surface area contributed by atoms with E-state index in [9.17, 15) is 0 Å². The topological polar surface area (TPSA) is 22.8 Å². The van der Waals surface area contributed by atoms with E-state index in [-0.39, 0.29) is 27.8 Å². The van der Waals surface area contributed by atoms with Gasteiger partial charge in [0.05, 0.1) is 18.1 Å². The first kappa shape index (κ1) is 31.8. The lowest BCUT2D eigenvalue weighted by atomic mass is 9.84. The molecule has 0 radical (unpaired) electrons. The van der Waals surface area contributed by atoms with E-state index in [0.29, 0.717) is 23.4 Å². The second-order valence-electron chi connectivity index (χ2n) is 15.5. The molecule has 0 spiro atoms. The van der Waals surface area contributed by atoms with Crippen LogP contribution >= 0.6 is 15.8 Å². The predicted molar refractivity (Wildman–Crippen MR) is 184 cm³/mol. The summed E-state index contributed by atoms with van der Waals surface area (Å²) in [6.45, 7) is 25.8. The quantitative estimate of drug-likeness (QED) is 0.265. The van der Waals surface area contributed by atoms with Crippen LogP contribution in [-0.2, 0) is 0 Å². The van der Waals surface area contributed by atoms with Gasteiger partial charge in [0, 0.05) is 18.5 Å². The lowest BCUT2D eigenvalue weighted by Gasteiger charge is -2.44. The average molecular weight is 607 g/mol. The standard InChI is InChI=1S/C37H54NO2P2/c1-24(2)39-29-16-12-14-18-32(29)41(33-19-15-13-17-30(33)40-25(3)4)31-21-20-27-22-28(31)34(26(27)5)37(23-38-37)42(35(6,7)8)36(9,10)11/h12-19,24-28,31,34H,20-22H2,1-11H3/q+1. The van der Waals surface area contributed by atoms with Crippen LogP contribution in [0.2, 0.25) is 0 Å². The van der Waals surface area contributed by atoms with E-state index >= 15 is 0 Å². The molecule has 5 heteroatoms. The highest BCUT2D eigenvalue weighted by Gasteiger charge is 2.77. The Hall–Kier alpha value is -1.61. The lowest BCUT2D eigenvalue weighted by Crippen LogP contribution is -2.43. The van der Waals surface area contributed by atoms with Crippen molar-refractivity contribution in [2.24, 2.45) is 23.7 Å². The van der Waals surface area contributed by atoms with E-state index in [0.717, 1.165) is 17.4 Å². The molecule has 2 fully saturated rings. The first-order valence-electron chi connectivity index (χ1n) is 16.2. The molecule has 2 aromatic rings.